The van der Waals surface area contributed by atoms with Crippen LogP contribution in [0.4, 0.5) is 11.4 Å². The highest BCUT2D eigenvalue weighted by molar-refractivity contribution is 7.92. The molecule has 26 heavy (non-hydrogen) atoms. The first-order chi connectivity index (χ1) is 12.0. The summed E-state index contributed by atoms with van der Waals surface area (Å²) in [6.45, 7) is 5.65. The summed E-state index contributed by atoms with van der Waals surface area (Å²) in [4.78, 5) is 14.1. The normalized spacial score (nSPS) is 11.7. The van der Waals surface area contributed by atoms with Gasteiger partial charge in [-0.3, -0.25) is 9.52 Å². The first-order valence-electron chi connectivity index (χ1n) is 8.21. The second-order valence-electron chi connectivity index (χ2n) is 7.28. The Morgan fingerprint density at radius 2 is 1.46 bits per heavy atom. The van der Waals surface area contributed by atoms with Crippen molar-refractivity contribution >= 4 is 27.3 Å². The van der Waals surface area contributed by atoms with Gasteiger partial charge in [-0.2, -0.15) is 0 Å². The number of amides is 1. The Morgan fingerprint density at radius 3 is 1.92 bits per heavy atom. The van der Waals surface area contributed by atoms with Crippen LogP contribution in [0.15, 0.2) is 53.4 Å². The van der Waals surface area contributed by atoms with Crippen LogP contribution in [0.25, 0.3) is 0 Å². The minimum absolute atomic E-state index is 0.0986. The van der Waals surface area contributed by atoms with Crippen LogP contribution in [0.2, 0.25) is 0 Å². The topological polar surface area (TPSA) is 78.5 Å². The molecule has 0 bridgehead atoms. The third-order valence-electron chi connectivity index (χ3n) is 3.55. The number of nitrogens with zero attached hydrogens (tertiary/aromatic N) is 1. The first-order valence-corrected chi connectivity index (χ1v) is 9.69. The molecular weight excluding hydrogens is 350 g/mol. The third-order valence-corrected chi connectivity index (χ3v) is 4.95. The van der Waals surface area contributed by atoms with Gasteiger partial charge in [0.25, 0.3) is 15.9 Å². The fraction of sp³-hybridized carbons (Fsp3) is 0.316. The Balaban J connectivity index is 2.15. The van der Waals surface area contributed by atoms with Gasteiger partial charge in [-0.05, 0) is 69.3 Å². The molecule has 0 atom stereocenters. The zero-order valence-corrected chi connectivity index (χ0v) is 16.5. The van der Waals surface area contributed by atoms with E-state index in [1.807, 2.05) is 51.9 Å². The van der Waals surface area contributed by atoms with Gasteiger partial charge in [-0.25, -0.2) is 8.42 Å². The summed E-state index contributed by atoms with van der Waals surface area (Å²) < 4.78 is 27.6. The third kappa shape index (κ3) is 5.23. The number of carbonyl (C=O) groups excluding carboxylic acids is 1. The second kappa shape index (κ2) is 7.37. The molecule has 0 saturated heterocycles. The molecule has 0 aliphatic carbocycles. The van der Waals surface area contributed by atoms with Gasteiger partial charge in [0.15, 0.2) is 0 Å². The largest absolute Gasteiger partial charge is 0.378 e. The second-order valence-corrected chi connectivity index (χ2v) is 8.96. The minimum Gasteiger partial charge on any atom is -0.378 e. The number of rotatable bonds is 5. The maximum absolute atomic E-state index is 12.5. The molecule has 0 unspecified atom stereocenters. The quantitative estimate of drug-likeness (QED) is 0.842. The molecule has 140 valence electrons. The summed E-state index contributed by atoms with van der Waals surface area (Å²) in [5.41, 5.74) is 1.50. The van der Waals surface area contributed by atoms with Crippen molar-refractivity contribution in [2.24, 2.45) is 0 Å². The van der Waals surface area contributed by atoms with E-state index in [1.54, 1.807) is 12.1 Å². The fourth-order valence-corrected chi connectivity index (χ4v) is 3.30. The molecule has 2 aromatic rings. The smallest absolute Gasteiger partial charge is 0.261 e. The molecule has 0 spiro atoms. The van der Waals surface area contributed by atoms with Crippen LogP contribution in [0.1, 0.15) is 31.1 Å². The minimum atomic E-state index is -3.72. The van der Waals surface area contributed by atoms with E-state index in [9.17, 15) is 13.2 Å². The molecule has 0 radical (unpaired) electrons. The number of hydrogen-bond donors (Lipinski definition) is 2. The van der Waals surface area contributed by atoms with E-state index in [-0.39, 0.29) is 16.3 Å². The van der Waals surface area contributed by atoms with Crippen LogP contribution < -0.4 is 14.9 Å². The van der Waals surface area contributed by atoms with Crippen molar-refractivity contribution in [3.63, 3.8) is 0 Å². The predicted molar refractivity (Wildman–Crippen MR) is 105 cm³/mol. The van der Waals surface area contributed by atoms with Crippen molar-refractivity contribution < 1.29 is 13.2 Å². The van der Waals surface area contributed by atoms with Gasteiger partial charge in [0.1, 0.15) is 0 Å². The summed E-state index contributed by atoms with van der Waals surface area (Å²) in [5, 5.41) is 2.84. The van der Waals surface area contributed by atoms with Crippen molar-refractivity contribution in [1.82, 2.24) is 5.32 Å². The summed E-state index contributed by atoms with van der Waals surface area (Å²) in [6.07, 6.45) is 0. The number of benzene rings is 2. The monoisotopic (exact) mass is 375 g/mol. The average Bonchev–Trinajstić information content (AvgIpc) is 2.53. The van der Waals surface area contributed by atoms with Crippen LogP contribution in [0.3, 0.4) is 0 Å². The van der Waals surface area contributed by atoms with E-state index in [0.29, 0.717) is 11.3 Å². The SMILES string of the molecule is CN(C)c1ccc(NS(=O)(=O)c2ccc(C(=O)NC(C)(C)C)cc2)cc1. The molecule has 0 aliphatic rings. The molecule has 0 heterocycles. The first kappa shape index (κ1) is 19.8. The van der Waals surface area contributed by atoms with Crippen LogP contribution in [0.5, 0.6) is 0 Å². The summed E-state index contributed by atoms with van der Waals surface area (Å²) in [7, 11) is 0.107. The van der Waals surface area contributed by atoms with Gasteiger partial charge in [-0.15, -0.1) is 0 Å². The zero-order valence-electron chi connectivity index (χ0n) is 15.7. The Morgan fingerprint density at radius 1 is 0.923 bits per heavy atom. The van der Waals surface area contributed by atoms with E-state index >= 15 is 0 Å². The Kier molecular flexibility index (Phi) is 5.61. The van der Waals surface area contributed by atoms with Gasteiger partial charge in [0.05, 0.1) is 4.90 Å². The van der Waals surface area contributed by atoms with Crippen molar-refractivity contribution in [2.75, 3.05) is 23.7 Å². The van der Waals surface area contributed by atoms with Crippen molar-refractivity contribution in [3.05, 3.63) is 54.1 Å². The Bertz CT molecular complexity index is 866. The van der Waals surface area contributed by atoms with Crippen LogP contribution >= 0.6 is 0 Å². The highest BCUT2D eigenvalue weighted by atomic mass is 32.2. The Labute approximate surface area is 155 Å². The lowest BCUT2D eigenvalue weighted by molar-refractivity contribution is 0.0919. The summed E-state index contributed by atoms with van der Waals surface area (Å²) >= 11 is 0. The molecule has 1 amide bonds. The number of nitrogens with one attached hydrogen (secondary N) is 2. The zero-order chi connectivity index (χ0) is 19.5. The van der Waals surface area contributed by atoms with Crippen LogP contribution in [-0.4, -0.2) is 34.0 Å². The predicted octanol–water partition coefficient (Wildman–Crippen LogP) is 3.08. The number of carbonyl (C=O) groups is 1. The molecule has 2 N–H and O–H groups in total. The molecule has 0 saturated carbocycles. The van der Waals surface area contributed by atoms with Crippen LogP contribution in [0, 0.1) is 0 Å². The molecule has 2 aromatic carbocycles. The van der Waals surface area contributed by atoms with Crippen molar-refractivity contribution in [3.8, 4) is 0 Å². The average molecular weight is 375 g/mol. The van der Waals surface area contributed by atoms with Gasteiger partial charge < -0.3 is 10.2 Å². The van der Waals surface area contributed by atoms with E-state index in [4.69, 9.17) is 0 Å². The molecule has 0 aromatic heterocycles. The van der Waals surface area contributed by atoms with Crippen LogP contribution in [-0.2, 0) is 10.0 Å². The highest BCUT2D eigenvalue weighted by Crippen LogP contribution is 2.20. The van der Waals surface area contributed by atoms with E-state index < -0.39 is 10.0 Å². The fourth-order valence-electron chi connectivity index (χ4n) is 2.24. The van der Waals surface area contributed by atoms with Gasteiger partial charge >= 0.3 is 0 Å². The summed E-state index contributed by atoms with van der Waals surface area (Å²) in [5.74, 6) is -0.242. The van der Waals surface area contributed by atoms with Crippen molar-refractivity contribution in [1.29, 1.82) is 0 Å². The van der Waals surface area contributed by atoms with Gasteiger partial charge in [0, 0.05) is 36.6 Å². The number of sulfonamides is 1. The number of hydrogen-bond acceptors (Lipinski definition) is 4. The van der Waals surface area contributed by atoms with Gasteiger partial charge in [0.2, 0.25) is 0 Å². The van der Waals surface area contributed by atoms with Gasteiger partial charge in [-0.1, -0.05) is 0 Å². The highest BCUT2D eigenvalue weighted by Gasteiger charge is 2.18. The maximum atomic E-state index is 12.5. The molecule has 7 heteroatoms. The molecule has 0 fully saturated rings. The number of anilines is 2. The standard InChI is InChI=1S/C19H25N3O3S/c1-19(2,3)20-18(23)14-6-12-17(13-7-14)26(24,25)21-15-8-10-16(11-9-15)22(4)5/h6-13,21H,1-5H3,(H,20,23). The molecule has 0 aliphatic heterocycles. The summed E-state index contributed by atoms with van der Waals surface area (Å²) in [6, 6.07) is 12.9. The van der Waals surface area contributed by atoms with E-state index in [0.717, 1.165) is 5.69 Å². The molecule has 2 rings (SSSR count). The molecule has 6 nitrogen and oxygen atoms in total. The van der Waals surface area contributed by atoms with E-state index in [2.05, 4.69) is 10.0 Å². The van der Waals surface area contributed by atoms with Crippen molar-refractivity contribution in [2.45, 2.75) is 31.2 Å². The lowest BCUT2D eigenvalue weighted by Gasteiger charge is -2.20. The lowest BCUT2D eigenvalue weighted by atomic mass is 10.1. The maximum Gasteiger partial charge on any atom is 0.261 e. The Hall–Kier alpha value is -2.54. The van der Waals surface area contributed by atoms with E-state index in [1.165, 1.54) is 24.3 Å². The lowest BCUT2D eigenvalue weighted by Crippen LogP contribution is -2.40. The molecular formula is C19H25N3O3S.